The zero-order chi connectivity index (χ0) is 10.6. The smallest absolute Gasteiger partial charge is 0.322 e. The lowest BCUT2D eigenvalue weighted by atomic mass is 10.2. The van der Waals surface area contributed by atoms with Crippen molar-refractivity contribution >= 4 is 17.3 Å². The van der Waals surface area contributed by atoms with E-state index in [4.69, 9.17) is 5.39 Å². The van der Waals surface area contributed by atoms with Gasteiger partial charge in [0.25, 0.3) is 5.91 Å². The van der Waals surface area contributed by atoms with Gasteiger partial charge in [0.15, 0.2) is 4.98 Å². The minimum atomic E-state index is -0.223. The molecule has 1 N–H and O–H groups in total. The fraction of sp³-hybridized carbons (Fsp3) is 0.100. The molecule has 1 aromatic carbocycles. The monoisotopic (exact) mass is 188 g/mol. The first-order chi connectivity index (χ1) is 6.63. The standard InChI is InChI=1S/C10H9N3O/c1-7(2)10(14)12-8-3-5-9(13-11)6-4-8/h3-6H,1H2,2H3/p+1. The summed E-state index contributed by atoms with van der Waals surface area (Å²) in [6, 6.07) is 6.48. The van der Waals surface area contributed by atoms with Gasteiger partial charge >= 0.3 is 5.69 Å². The molecule has 0 fully saturated rings. The predicted octanol–water partition coefficient (Wildman–Crippen LogP) is 2.69. The van der Waals surface area contributed by atoms with Crippen LogP contribution in [0.15, 0.2) is 36.4 Å². The molecule has 4 nitrogen and oxygen atoms in total. The van der Waals surface area contributed by atoms with E-state index in [1.54, 1.807) is 31.2 Å². The SMILES string of the molecule is C=C(C)C(=O)Nc1ccc([N+]#N)cc1. The third kappa shape index (κ3) is 2.42. The summed E-state index contributed by atoms with van der Waals surface area (Å²) in [6.07, 6.45) is 0. The lowest BCUT2D eigenvalue weighted by Gasteiger charge is -2.02. The van der Waals surface area contributed by atoms with E-state index in [1.807, 2.05) is 0 Å². The fourth-order valence-corrected chi connectivity index (χ4v) is 0.849. The van der Waals surface area contributed by atoms with Crippen LogP contribution < -0.4 is 5.32 Å². The Hall–Kier alpha value is -2.15. The number of amides is 1. The maximum absolute atomic E-state index is 11.2. The van der Waals surface area contributed by atoms with Gasteiger partial charge in [0.2, 0.25) is 5.39 Å². The number of hydrogen-bond acceptors (Lipinski definition) is 2. The second-order valence-corrected chi connectivity index (χ2v) is 2.88. The molecule has 0 atom stereocenters. The highest BCUT2D eigenvalue weighted by Gasteiger charge is 2.05. The number of nitrogens with one attached hydrogen (secondary N) is 1. The van der Waals surface area contributed by atoms with Crippen molar-refractivity contribution in [2.75, 3.05) is 5.32 Å². The van der Waals surface area contributed by atoms with E-state index >= 15 is 0 Å². The number of carbonyl (C=O) groups is 1. The van der Waals surface area contributed by atoms with Crippen LogP contribution in [0.2, 0.25) is 0 Å². The second kappa shape index (κ2) is 4.19. The Balaban J connectivity index is 2.75. The molecule has 0 bridgehead atoms. The zero-order valence-corrected chi connectivity index (χ0v) is 7.82. The van der Waals surface area contributed by atoms with Crippen LogP contribution in [0.3, 0.4) is 0 Å². The van der Waals surface area contributed by atoms with Crippen LogP contribution in [0.4, 0.5) is 11.4 Å². The average Bonchev–Trinajstić information content (AvgIpc) is 2.19. The summed E-state index contributed by atoms with van der Waals surface area (Å²) >= 11 is 0. The lowest BCUT2D eigenvalue weighted by Crippen LogP contribution is -2.11. The summed E-state index contributed by atoms with van der Waals surface area (Å²) in [5.41, 5.74) is 1.53. The minimum Gasteiger partial charge on any atom is -0.322 e. The number of rotatable bonds is 2. The first kappa shape index (κ1) is 9.93. The highest BCUT2D eigenvalue weighted by atomic mass is 16.1. The summed E-state index contributed by atoms with van der Waals surface area (Å²) in [7, 11) is 0. The Labute approximate surface area is 81.9 Å². The van der Waals surface area contributed by atoms with Crippen molar-refractivity contribution < 1.29 is 4.79 Å². The van der Waals surface area contributed by atoms with Gasteiger partial charge in [0.1, 0.15) is 0 Å². The van der Waals surface area contributed by atoms with Crippen LogP contribution in [0, 0.1) is 5.39 Å². The van der Waals surface area contributed by atoms with Crippen molar-refractivity contribution in [3.05, 3.63) is 41.4 Å². The number of nitrogens with zero attached hydrogens (tertiary/aromatic N) is 2. The molecule has 0 aliphatic carbocycles. The number of benzene rings is 1. The minimum absolute atomic E-state index is 0.223. The number of diazo groups is 1. The van der Waals surface area contributed by atoms with Gasteiger partial charge < -0.3 is 5.32 Å². The molecule has 0 aliphatic rings. The van der Waals surface area contributed by atoms with Crippen LogP contribution in [-0.4, -0.2) is 5.91 Å². The van der Waals surface area contributed by atoms with E-state index in [0.717, 1.165) is 0 Å². The van der Waals surface area contributed by atoms with Gasteiger partial charge in [0.05, 0.1) is 0 Å². The van der Waals surface area contributed by atoms with Crippen molar-refractivity contribution in [3.8, 4) is 0 Å². The van der Waals surface area contributed by atoms with E-state index in [9.17, 15) is 4.79 Å². The Kier molecular flexibility index (Phi) is 2.97. The molecule has 0 aliphatic heterocycles. The molecule has 0 saturated carbocycles. The molecule has 0 saturated heterocycles. The van der Waals surface area contributed by atoms with Gasteiger partial charge in [0, 0.05) is 23.4 Å². The quantitative estimate of drug-likeness (QED) is 0.573. The Morgan fingerprint density at radius 2 is 2.00 bits per heavy atom. The van der Waals surface area contributed by atoms with E-state index < -0.39 is 0 Å². The molecule has 1 amide bonds. The van der Waals surface area contributed by atoms with Crippen molar-refractivity contribution in [1.29, 1.82) is 5.39 Å². The zero-order valence-electron chi connectivity index (χ0n) is 7.82. The van der Waals surface area contributed by atoms with Crippen molar-refractivity contribution in [2.24, 2.45) is 0 Å². The first-order valence-corrected chi connectivity index (χ1v) is 4.05. The highest BCUT2D eigenvalue weighted by molar-refractivity contribution is 6.02. The number of carbonyl (C=O) groups excluding carboxylic acids is 1. The van der Waals surface area contributed by atoms with E-state index in [2.05, 4.69) is 16.9 Å². The fourth-order valence-electron chi connectivity index (χ4n) is 0.849. The summed E-state index contributed by atoms with van der Waals surface area (Å²) in [5, 5.41) is 11.1. The molecular weight excluding hydrogens is 178 g/mol. The number of anilines is 1. The second-order valence-electron chi connectivity index (χ2n) is 2.88. The van der Waals surface area contributed by atoms with E-state index in [-0.39, 0.29) is 5.91 Å². The third-order valence-electron chi connectivity index (χ3n) is 1.63. The third-order valence-corrected chi connectivity index (χ3v) is 1.63. The van der Waals surface area contributed by atoms with Crippen LogP contribution in [0.25, 0.3) is 4.98 Å². The number of hydrogen-bond donors (Lipinski definition) is 1. The van der Waals surface area contributed by atoms with E-state index in [0.29, 0.717) is 16.9 Å². The topological polar surface area (TPSA) is 57.2 Å². The van der Waals surface area contributed by atoms with Gasteiger partial charge in [-0.15, -0.1) is 0 Å². The molecular formula is C10H10N3O+. The maximum atomic E-state index is 11.2. The maximum Gasteiger partial charge on any atom is 0.385 e. The Morgan fingerprint density at radius 3 is 2.43 bits per heavy atom. The highest BCUT2D eigenvalue weighted by Crippen LogP contribution is 2.16. The molecule has 70 valence electrons. The van der Waals surface area contributed by atoms with Crippen LogP contribution in [0.1, 0.15) is 6.92 Å². The lowest BCUT2D eigenvalue weighted by molar-refractivity contribution is -0.112. The Morgan fingerprint density at radius 1 is 1.43 bits per heavy atom. The Bertz CT molecular complexity index is 400. The summed E-state index contributed by atoms with van der Waals surface area (Å²) in [5.74, 6) is -0.223. The summed E-state index contributed by atoms with van der Waals surface area (Å²) in [4.78, 5) is 14.2. The normalized spacial score (nSPS) is 8.86. The molecule has 1 rings (SSSR count). The van der Waals surface area contributed by atoms with Gasteiger partial charge in [-0.3, -0.25) is 4.79 Å². The van der Waals surface area contributed by atoms with Gasteiger partial charge in [-0.1, -0.05) is 6.58 Å². The van der Waals surface area contributed by atoms with Crippen molar-refractivity contribution in [2.45, 2.75) is 6.92 Å². The van der Waals surface area contributed by atoms with Gasteiger partial charge in [-0.25, -0.2) is 0 Å². The molecule has 1 aromatic rings. The van der Waals surface area contributed by atoms with Crippen molar-refractivity contribution in [1.82, 2.24) is 0 Å². The van der Waals surface area contributed by atoms with Crippen LogP contribution >= 0.6 is 0 Å². The molecule has 0 unspecified atom stereocenters. The molecule has 4 heteroatoms. The predicted molar refractivity (Wildman–Crippen MR) is 54.6 cm³/mol. The summed E-state index contributed by atoms with van der Waals surface area (Å²) < 4.78 is 0. The van der Waals surface area contributed by atoms with E-state index in [1.165, 1.54) is 0 Å². The van der Waals surface area contributed by atoms with Crippen LogP contribution in [0.5, 0.6) is 0 Å². The first-order valence-electron chi connectivity index (χ1n) is 4.05. The molecule has 0 aromatic heterocycles. The van der Waals surface area contributed by atoms with Crippen LogP contribution in [-0.2, 0) is 4.79 Å². The van der Waals surface area contributed by atoms with Gasteiger partial charge in [-0.2, -0.15) is 0 Å². The molecule has 0 radical (unpaired) electrons. The largest absolute Gasteiger partial charge is 0.385 e. The molecule has 14 heavy (non-hydrogen) atoms. The average molecular weight is 188 g/mol. The molecule has 0 heterocycles. The molecule has 0 spiro atoms. The van der Waals surface area contributed by atoms with Crippen molar-refractivity contribution in [3.63, 3.8) is 0 Å². The summed E-state index contributed by atoms with van der Waals surface area (Å²) in [6.45, 7) is 5.15. The van der Waals surface area contributed by atoms with Gasteiger partial charge in [-0.05, 0) is 19.1 Å².